The highest BCUT2D eigenvalue weighted by Gasteiger charge is 2.37. The van der Waals surface area contributed by atoms with E-state index in [4.69, 9.17) is 4.74 Å². The van der Waals surface area contributed by atoms with Gasteiger partial charge >= 0.3 is 0 Å². The Balaban J connectivity index is 1.95. The maximum atomic E-state index is 10.9. The SMILES string of the molecule is COc1ccc2c(c1)C(O)(Cc1cccnc1)CC2. The van der Waals surface area contributed by atoms with Crippen LogP contribution in [0, 0.1) is 0 Å². The zero-order valence-electron chi connectivity index (χ0n) is 11.0. The largest absolute Gasteiger partial charge is 0.497 e. The molecule has 1 aliphatic rings. The normalized spacial score (nSPS) is 21.2. The second-order valence-electron chi connectivity index (χ2n) is 5.09. The number of ether oxygens (including phenoxy) is 1. The van der Waals surface area contributed by atoms with Crippen LogP contribution in [0.2, 0.25) is 0 Å². The molecule has 0 spiro atoms. The van der Waals surface area contributed by atoms with Gasteiger partial charge in [0, 0.05) is 18.8 Å². The van der Waals surface area contributed by atoms with Gasteiger partial charge in [-0.3, -0.25) is 4.98 Å². The number of hydrogen-bond donors (Lipinski definition) is 1. The summed E-state index contributed by atoms with van der Waals surface area (Å²) in [4.78, 5) is 4.11. The van der Waals surface area contributed by atoms with Gasteiger partial charge < -0.3 is 9.84 Å². The maximum absolute atomic E-state index is 10.9. The molecule has 1 aromatic carbocycles. The molecule has 3 nitrogen and oxygen atoms in total. The van der Waals surface area contributed by atoms with Crippen LogP contribution in [-0.2, 0) is 18.4 Å². The van der Waals surface area contributed by atoms with Gasteiger partial charge in [0.25, 0.3) is 0 Å². The summed E-state index contributed by atoms with van der Waals surface area (Å²) in [5.41, 5.74) is 2.47. The first-order valence-electron chi connectivity index (χ1n) is 6.50. The van der Waals surface area contributed by atoms with Crippen LogP contribution in [0.1, 0.15) is 23.1 Å². The summed E-state index contributed by atoms with van der Waals surface area (Å²) >= 11 is 0. The molecule has 0 aliphatic heterocycles. The zero-order chi connectivity index (χ0) is 13.3. The summed E-state index contributed by atoms with van der Waals surface area (Å²) in [6, 6.07) is 9.87. The summed E-state index contributed by atoms with van der Waals surface area (Å²) in [6.07, 6.45) is 5.83. The van der Waals surface area contributed by atoms with Crippen LogP contribution < -0.4 is 4.74 Å². The zero-order valence-corrected chi connectivity index (χ0v) is 11.0. The van der Waals surface area contributed by atoms with Crippen LogP contribution in [0.3, 0.4) is 0 Å². The van der Waals surface area contributed by atoms with E-state index in [-0.39, 0.29) is 0 Å². The van der Waals surface area contributed by atoms with Crippen molar-refractivity contribution in [2.75, 3.05) is 7.11 Å². The molecule has 3 rings (SSSR count). The van der Waals surface area contributed by atoms with Crippen LogP contribution in [0.5, 0.6) is 5.75 Å². The van der Waals surface area contributed by atoms with Crippen LogP contribution >= 0.6 is 0 Å². The summed E-state index contributed by atoms with van der Waals surface area (Å²) in [7, 11) is 1.65. The molecule has 3 heteroatoms. The van der Waals surface area contributed by atoms with Gasteiger partial charge in [-0.1, -0.05) is 12.1 Å². The third kappa shape index (κ3) is 2.22. The Bertz CT molecular complexity index is 583. The third-order valence-corrected chi connectivity index (χ3v) is 3.85. The molecule has 0 fully saturated rings. The fourth-order valence-electron chi connectivity index (χ4n) is 2.83. The van der Waals surface area contributed by atoms with Gasteiger partial charge in [-0.25, -0.2) is 0 Å². The van der Waals surface area contributed by atoms with Crippen LogP contribution in [0.4, 0.5) is 0 Å². The van der Waals surface area contributed by atoms with Crippen molar-refractivity contribution in [3.05, 3.63) is 59.4 Å². The molecule has 1 unspecified atom stereocenters. The summed E-state index contributed by atoms with van der Waals surface area (Å²) in [5.74, 6) is 0.797. The fourth-order valence-corrected chi connectivity index (χ4v) is 2.83. The van der Waals surface area contributed by atoms with E-state index in [2.05, 4.69) is 11.1 Å². The van der Waals surface area contributed by atoms with Gasteiger partial charge in [0.05, 0.1) is 12.7 Å². The molecule has 1 aromatic heterocycles. The van der Waals surface area contributed by atoms with E-state index >= 15 is 0 Å². The standard InChI is InChI=1S/C16H17NO2/c1-19-14-5-4-13-6-7-16(18,15(13)9-14)10-12-3-2-8-17-11-12/h2-5,8-9,11,18H,6-7,10H2,1H3. The molecule has 98 valence electrons. The summed E-state index contributed by atoms with van der Waals surface area (Å²) in [5, 5.41) is 10.9. The Hall–Kier alpha value is -1.87. The predicted octanol–water partition coefficient (Wildman–Crippen LogP) is 2.47. The second kappa shape index (κ2) is 4.67. The van der Waals surface area contributed by atoms with E-state index in [1.54, 1.807) is 13.3 Å². The third-order valence-electron chi connectivity index (χ3n) is 3.85. The quantitative estimate of drug-likeness (QED) is 0.916. The van der Waals surface area contributed by atoms with Gasteiger partial charge in [0.15, 0.2) is 0 Å². The second-order valence-corrected chi connectivity index (χ2v) is 5.09. The Kier molecular flexibility index (Phi) is 2.99. The predicted molar refractivity (Wildman–Crippen MR) is 73.2 cm³/mol. The lowest BCUT2D eigenvalue weighted by Crippen LogP contribution is -2.25. The summed E-state index contributed by atoms with van der Waals surface area (Å²) < 4.78 is 5.26. The van der Waals surface area contributed by atoms with E-state index in [0.29, 0.717) is 6.42 Å². The number of aliphatic hydroxyl groups is 1. The lowest BCUT2D eigenvalue weighted by Gasteiger charge is -2.24. The number of fused-ring (bicyclic) bond motifs is 1. The fraction of sp³-hybridized carbons (Fsp3) is 0.312. The molecule has 1 aliphatic carbocycles. The maximum Gasteiger partial charge on any atom is 0.119 e. The molecule has 19 heavy (non-hydrogen) atoms. The lowest BCUT2D eigenvalue weighted by molar-refractivity contribution is 0.0387. The van der Waals surface area contributed by atoms with Crippen molar-refractivity contribution in [1.82, 2.24) is 4.98 Å². The molecule has 1 atom stereocenters. The van der Waals surface area contributed by atoms with Crippen LogP contribution in [0.25, 0.3) is 0 Å². The summed E-state index contributed by atoms with van der Waals surface area (Å²) in [6.45, 7) is 0. The van der Waals surface area contributed by atoms with Gasteiger partial charge in [-0.05, 0) is 47.7 Å². The van der Waals surface area contributed by atoms with Crippen molar-refractivity contribution in [2.45, 2.75) is 24.9 Å². The number of pyridine rings is 1. The molecule has 1 N–H and O–H groups in total. The van der Waals surface area contributed by atoms with Crippen molar-refractivity contribution >= 4 is 0 Å². The van der Waals surface area contributed by atoms with E-state index in [9.17, 15) is 5.11 Å². The smallest absolute Gasteiger partial charge is 0.119 e. The molecule has 0 bridgehead atoms. The minimum atomic E-state index is -0.799. The number of nitrogens with zero attached hydrogens (tertiary/aromatic N) is 1. The van der Waals surface area contributed by atoms with Crippen molar-refractivity contribution in [1.29, 1.82) is 0 Å². The molecule has 0 radical (unpaired) electrons. The molecular formula is C16H17NO2. The number of methoxy groups -OCH3 is 1. The van der Waals surface area contributed by atoms with E-state index in [1.165, 1.54) is 5.56 Å². The number of hydrogen-bond acceptors (Lipinski definition) is 3. The van der Waals surface area contributed by atoms with Gasteiger partial charge in [-0.2, -0.15) is 0 Å². The Morgan fingerprint density at radius 2 is 2.26 bits per heavy atom. The highest BCUT2D eigenvalue weighted by molar-refractivity contribution is 5.43. The number of rotatable bonds is 3. The number of benzene rings is 1. The number of aromatic nitrogens is 1. The first-order valence-corrected chi connectivity index (χ1v) is 6.50. The van der Waals surface area contributed by atoms with Crippen LogP contribution in [0.15, 0.2) is 42.7 Å². The van der Waals surface area contributed by atoms with E-state index in [1.807, 2.05) is 30.5 Å². The van der Waals surface area contributed by atoms with E-state index < -0.39 is 5.60 Å². The van der Waals surface area contributed by atoms with Crippen molar-refractivity contribution in [2.24, 2.45) is 0 Å². The highest BCUT2D eigenvalue weighted by Crippen LogP contribution is 2.40. The Morgan fingerprint density at radius 1 is 1.37 bits per heavy atom. The van der Waals surface area contributed by atoms with E-state index in [0.717, 1.165) is 29.7 Å². The molecule has 0 saturated heterocycles. The topological polar surface area (TPSA) is 42.4 Å². The minimum Gasteiger partial charge on any atom is -0.497 e. The van der Waals surface area contributed by atoms with Crippen molar-refractivity contribution in [3.8, 4) is 5.75 Å². The highest BCUT2D eigenvalue weighted by atomic mass is 16.5. The molecule has 1 heterocycles. The van der Waals surface area contributed by atoms with Crippen LogP contribution in [-0.4, -0.2) is 17.2 Å². The average molecular weight is 255 g/mol. The first-order chi connectivity index (χ1) is 9.21. The van der Waals surface area contributed by atoms with Gasteiger partial charge in [0.1, 0.15) is 5.75 Å². The molecular weight excluding hydrogens is 238 g/mol. The average Bonchev–Trinajstić information content (AvgIpc) is 2.77. The Morgan fingerprint density at radius 3 is 3.00 bits per heavy atom. The molecule has 0 saturated carbocycles. The minimum absolute atomic E-state index is 0.598. The first kappa shape index (κ1) is 12.2. The molecule has 2 aromatic rings. The Labute approximate surface area is 112 Å². The monoisotopic (exact) mass is 255 g/mol. The number of aryl methyl sites for hydroxylation is 1. The van der Waals surface area contributed by atoms with Gasteiger partial charge in [0.2, 0.25) is 0 Å². The van der Waals surface area contributed by atoms with Crippen molar-refractivity contribution < 1.29 is 9.84 Å². The molecule has 0 amide bonds. The van der Waals surface area contributed by atoms with Gasteiger partial charge in [-0.15, -0.1) is 0 Å². The lowest BCUT2D eigenvalue weighted by atomic mass is 9.89. The van der Waals surface area contributed by atoms with Crippen molar-refractivity contribution in [3.63, 3.8) is 0 Å².